The maximum absolute atomic E-state index is 14.5. The van der Waals surface area contributed by atoms with Crippen LogP contribution >= 0.6 is 0 Å². The van der Waals surface area contributed by atoms with Crippen molar-refractivity contribution in [2.75, 3.05) is 20.3 Å². The van der Waals surface area contributed by atoms with Gasteiger partial charge in [-0.05, 0) is 79.9 Å². The lowest BCUT2D eigenvalue weighted by Gasteiger charge is -2.32. The lowest BCUT2D eigenvalue weighted by Crippen LogP contribution is -2.51. The minimum atomic E-state index is -5.30. The Balaban J connectivity index is 2.03. The van der Waals surface area contributed by atoms with E-state index in [0.29, 0.717) is 12.0 Å². The molecule has 5 N–H and O–H groups in total. The molecule has 0 aliphatic rings. The third kappa shape index (κ3) is 6.97. The highest BCUT2D eigenvalue weighted by Crippen LogP contribution is 2.40. The average Bonchev–Trinajstić information content (AvgIpc) is 2.94. The normalized spacial score (nSPS) is 14.4. The Bertz CT molecular complexity index is 1480. The number of carboxylic acid groups (broad SMARTS) is 1. The number of benzene rings is 2. The molecule has 3 rings (SSSR count). The molecule has 1 aromatic heterocycles. The zero-order chi connectivity index (χ0) is 31.5. The first kappa shape index (κ1) is 32.3. The van der Waals surface area contributed by atoms with Crippen LogP contribution in [0.5, 0.6) is 11.5 Å². The number of hydrogen-bond acceptors (Lipinski definition) is 7. The van der Waals surface area contributed by atoms with E-state index in [2.05, 4.69) is 10.3 Å². The topological polar surface area (TPSA) is 144 Å². The number of halogens is 4. The van der Waals surface area contributed by atoms with Gasteiger partial charge in [0.15, 0.2) is 18.1 Å². The first-order valence-corrected chi connectivity index (χ1v) is 12.7. The number of aliphatic hydroxyl groups is 1. The minimum Gasteiger partial charge on any atom is -0.493 e. The molecule has 1 heterocycles. The van der Waals surface area contributed by atoms with Crippen molar-refractivity contribution in [1.82, 2.24) is 10.3 Å². The molecular formula is C29H31F4N3O6. The van der Waals surface area contributed by atoms with Crippen LogP contribution in [-0.4, -0.2) is 53.5 Å². The molecule has 2 unspecified atom stereocenters. The number of alkyl halides is 3. The summed E-state index contributed by atoms with van der Waals surface area (Å²) in [5, 5.41) is 22.0. The van der Waals surface area contributed by atoms with E-state index in [1.165, 1.54) is 44.4 Å². The van der Waals surface area contributed by atoms with Crippen LogP contribution in [0.4, 0.5) is 17.6 Å². The van der Waals surface area contributed by atoms with Crippen LogP contribution in [0.25, 0.3) is 11.3 Å². The van der Waals surface area contributed by atoms with Gasteiger partial charge in [-0.2, -0.15) is 13.2 Å². The third-order valence-electron chi connectivity index (χ3n) is 6.85. The van der Waals surface area contributed by atoms with E-state index in [0.717, 1.165) is 18.2 Å². The van der Waals surface area contributed by atoms with Crippen molar-refractivity contribution in [2.24, 2.45) is 5.73 Å². The number of aliphatic carboxylic acids is 1. The number of carboxylic acids is 1. The number of pyridine rings is 1. The van der Waals surface area contributed by atoms with E-state index in [1.54, 1.807) is 13.8 Å². The monoisotopic (exact) mass is 593 g/mol. The Labute approximate surface area is 239 Å². The number of carbonyl (C=O) groups excluding carboxylic acids is 1. The van der Waals surface area contributed by atoms with Gasteiger partial charge in [-0.3, -0.25) is 4.79 Å². The number of aromatic nitrogens is 1. The van der Waals surface area contributed by atoms with E-state index >= 15 is 0 Å². The van der Waals surface area contributed by atoms with Gasteiger partial charge in [-0.15, -0.1) is 0 Å². The summed E-state index contributed by atoms with van der Waals surface area (Å²) in [7, 11) is 1.23. The fourth-order valence-corrected chi connectivity index (χ4v) is 3.94. The number of aryl methyl sites for hydroxylation is 1. The molecule has 0 fully saturated rings. The molecule has 0 aliphatic carbocycles. The highest BCUT2D eigenvalue weighted by Gasteiger charge is 2.56. The van der Waals surface area contributed by atoms with Gasteiger partial charge in [-0.25, -0.2) is 14.2 Å². The molecule has 0 spiro atoms. The molecule has 0 saturated carbocycles. The molecule has 0 aliphatic heterocycles. The Morgan fingerprint density at radius 3 is 2.33 bits per heavy atom. The van der Waals surface area contributed by atoms with E-state index < -0.39 is 53.9 Å². The van der Waals surface area contributed by atoms with Gasteiger partial charge in [0.1, 0.15) is 5.82 Å². The first-order valence-electron chi connectivity index (χ1n) is 12.7. The van der Waals surface area contributed by atoms with E-state index in [-0.39, 0.29) is 33.9 Å². The van der Waals surface area contributed by atoms with Crippen molar-refractivity contribution in [2.45, 2.75) is 44.5 Å². The fourth-order valence-electron chi connectivity index (χ4n) is 3.94. The molecule has 9 nitrogen and oxygen atoms in total. The quantitative estimate of drug-likeness (QED) is 0.239. The Morgan fingerprint density at radius 2 is 1.76 bits per heavy atom. The molecular weight excluding hydrogens is 562 g/mol. The smallest absolute Gasteiger partial charge is 0.424 e. The molecule has 3 aromatic rings. The van der Waals surface area contributed by atoms with Gasteiger partial charge in [0.05, 0.1) is 25.0 Å². The largest absolute Gasteiger partial charge is 0.493 e. The first-order chi connectivity index (χ1) is 19.5. The van der Waals surface area contributed by atoms with Gasteiger partial charge in [0.25, 0.3) is 5.91 Å². The molecule has 1 amide bonds. The van der Waals surface area contributed by atoms with Gasteiger partial charge < -0.3 is 30.7 Å². The summed E-state index contributed by atoms with van der Waals surface area (Å²) in [6, 6.07) is 10.0. The molecule has 2 aromatic carbocycles. The maximum atomic E-state index is 14.5. The van der Waals surface area contributed by atoms with Crippen molar-refractivity contribution < 1.29 is 46.8 Å². The summed E-state index contributed by atoms with van der Waals surface area (Å²) >= 11 is 0. The minimum absolute atomic E-state index is 0.00595. The van der Waals surface area contributed by atoms with Gasteiger partial charge in [0, 0.05) is 16.7 Å². The van der Waals surface area contributed by atoms with Crippen LogP contribution in [0.15, 0.2) is 48.5 Å². The van der Waals surface area contributed by atoms with Crippen molar-refractivity contribution in [3.8, 4) is 22.8 Å². The molecule has 0 saturated heterocycles. The van der Waals surface area contributed by atoms with Crippen LogP contribution in [0.2, 0.25) is 0 Å². The lowest BCUT2D eigenvalue weighted by molar-refractivity contribution is -0.265. The number of nitrogens with zero attached hydrogens (tertiary/aromatic N) is 1. The second kappa shape index (κ2) is 12.3. The number of methoxy groups -OCH3 is 1. The molecule has 42 heavy (non-hydrogen) atoms. The van der Waals surface area contributed by atoms with E-state index in [4.69, 9.17) is 20.3 Å². The second-order valence-electron chi connectivity index (χ2n) is 9.95. The van der Waals surface area contributed by atoms with Crippen LogP contribution < -0.4 is 20.5 Å². The molecule has 0 radical (unpaired) electrons. The Morgan fingerprint density at radius 1 is 1.07 bits per heavy atom. The number of nitrogens with two attached hydrogens (primary N) is 1. The van der Waals surface area contributed by atoms with Crippen molar-refractivity contribution in [3.63, 3.8) is 0 Å². The number of ether oxygens (including phenoxy) is 2. The Kier molecular flexibility index (Phi) is 9.48. The van der Waals surface area contributed by atoms with Crippen molar-refractivity contribution in [3.05, 3.63) is 76.7 Å². The van der Waals surface area contributed by atoms with Crippen LogP contribution in [0.3, 0.4) is 0 Å². The van der Waals surface area contributed by atoms with Crippen molar-refractivity contribution in [1.29, 1.82) is 0 Å². The predicted molar refractivity (Wildman–Crippen MR) is 145 cm³/mol. The number of amides is 1. The van der Waals surface area contributed by atoms with Gasteiger partial charge >= 0.3 is 12.1 Å². The zero-order valence-electron chi connectivity index (χ0n) is 23.3. The lowest BCUT2D eigenvalue weighted by atomic mass is 9.86. The summed E-state index contributed by atoms with van der Waals surface area (Å²) in [6.07, 6.45) is -4.97. The second-order valence-corrected chi connectivity index (χ2v) is 9.95. The number of carbonyl (C=O) groups is 2. The summed E-state index contributed by atoms with van der Waals surface area (Å²) < 4.78 is 67.6. The van der Waals surface area contributed by atoms with Crippen LogP contribution in [0, 0.1) is 12.7 Å². The van der Waals surface area contributed by atoms with E-state index in [1.807, 2.05) is 0 Å². The van der Waals surface area contributed by atoms with Crippen LogP contribution in [0.1, 0.15) is 47.4 Å². The standard InChI is InChI=1S/C29H31F4N3O6/c1-5-27(3,34)19-12-21(17-6-8-20(30)16(2)10-17)36-24(13-19)28(40,29(31,32)33)15-35-26(39)18-7-9-22(23(11-18)41-4)42-14-25(37)38/h6-13,40H,5,14-15,34H2,1-4H3,(H,35,39)(H,37,38). The highest BCUT2D eigenvalue weighted by molar-refractivity contribution is 5.95. The molecule has 0 bridgehead atoms. The predicted octanol–water partition coefficient (Wildman–Crippen LogP) is 4.43. The number of rotatable bonds is 11. The Hall–Kier alpha value is -4.23. The average molecular weight is 594 g/mol. The number of nitrogens with one attached hydrogen (secondary N) is 1. The zero-order valence-corrected chi connectivity index (χ0v) is 23.3. The molecule has 226 valence electrons. The highest BCUT2D eigenvalue weighted by atomic mass is 19.4. The summed E-state index contributed by atoms with van der Waals surface area (Å²) in [5.41, 5.74) is 1.43. The van der Waals surface area contributed by atoms with Gasteiger partial charge in [-0.1, -0.05) is 6.92 Å². The SMILES string of the molecule is CCC(C)(N)c1cc(-c2ccc(F)c(C)c2)nc(C(O)(CNC(=O)c2ccc(OCC(=O)O)c(OC)c2)C(F)(F)F)c1. The van der Waals surface area contributed by atoms with Crippen molar-refractivity contribution >= 4 is 11.9 Å². The molecule has 13 heteroatoms. The third-order valence-corrected chi connectivity index (χ3v) is 6.85. The summed E-state index contributed by atoms with van der Waals surface area (Å²) in [5.74, 6) is -2.81. The summed E-state index contributed by atoms with van der Waals surface area (Å²) in [4.78, 5) is 27.7. The maximum Gasteiger partial charge on any atom is 0.424 e. The number of hydrogen-bond donors (Lipinski definition) is 4. The molecule has 2 atom stereocenters. The summed E-state index contributed by atoms with van der Waals surface area (Å²) in [6.45, 7) is 2.83. The van der Waals surface area contributed by atoms with Crippen LogP contribution in [-0.2, 0) is 15.9 Å². The van der Waals surface area contributed by atoms with E-state index in [9.17, 15) is 32.3 Å². The van der Waals surface area contributed by atoms with Gasteiger partial charge in [0.2, 0.25) is 5.60 Å². The fraction of sp³-hybridized carbons (Fsp3) is 0.345.